The van der Waals surface area contributed by atoms with E-state index < -0.39 is 0 Å². The molecular formula is C12H20N4O. The molecular weight excluding hydrogens is 216 g/mol. The summed E-state index contributed by atoms with van der Waals surface area (Å²) in [6.45, 7) is 1.22. The number of hydrogen-bond acceptors (Lipinski definition) is 3. The smallest absolute Gasteiger partial charge is 0.222 e. The summed E-state index contributed by atoms with van der Waals surface area (Å²) >= 11 is 0. The Balaban J connectivity index is 1.80. The van der Waals surface area contributed by atoms with Gasteiger partial charge in [-0.25, -0.2) is 4.98 Å². The highest BCUT2D eigenvalue weighted by molar-refractivity contribution is 5.76. The van der Waals surface area contributed by atoms with E-state index in [-0.39, 0.29) is 11.4 Å². The van der Waals surface area contributed by atoms with Crippen molar-refractivity contribution >= 4 is 5.91 Å². The monoisotopic (exact) mass is 236 g/mol. The Kier molecular flexibility index (Phi) is 3.78. The van der Waals surface area contributed by atoms with E-state index in [1.807, 2.05) is 10.8 Å². The zero-order valence-corrected chi connectivity index (χ0v) is 10.1. The Bertz CT molecular complexity index is 355. The SMILES string of the molecule is NCC1(NC(=O)CCn2ccnc2)CCCC1. The summed E-state index contributed by atoms with van der Waals surface area (Å²) in [5.41, 5.74) is 5.64. The van der Waals surface area contributed by atoms with E-state index in [1.54, 1.807) is 12.5 Å². The van der Waals surface area contributed by atoms with E-state index in [0.717, 1.165) is 12.8 Å². The molecule has 1 heterocycles. The summed E-state index contributed by atoms with van der Waals surface area (Å²) < 4.78 is 1.91. The van der Waals surface area contributed by atoms with Gasteiger partial charge in [-0.05, 0) is 12.8 Å². The normalized spacial score (nSPS) is 18.2. The Morgan fingerprint density at radius 2 is 2.24 bits per heavy atom. The molecule has 17 heavy (non-hydrogen) atoms. The largest absolute Gasteiger partial charge is 0.349 e. The molecule has 0 unspecified atom stereocenters. The highest BCUT2D eigenvalue weighted by Gasteiger charge is 2.33. The molecule has 0 atom stereocenters. The van der Waals surface area contributed by atoms with Crippen molar-refractivity contribution in [2.45, 2.75) is 44.2 Å². The van der Waals surface area contributed by atoms with Crippen molar-refractivity contribution in [2.75, 3.05) is 6.54 Å². The number of nitrogens with zero attached hydrogens (tertiary/aromatic N) is 2. The van der Waals surface area contributed by atoms with Gasteiger partial charge in [0, 0.05) is 31.9 Å². The quantitative estimate of drug-likeness (QED) is 0.789. The predicted octanol–water partition coefficient (Wildman–Crippen LogP) is 0.661. The highest BCUT2D eigenvalue weighted by Crippen LogP contribution is 2.28. The molecule has 1 amide bonds. The molecule has 0 bridgehead atoms. The van der Waals surface area contributed by atoms with Crippen molar-refractivity contribution in [3.05, 3.63) is 18.7 Å². The standard InChI is InChI=1S/C12H20N4O/c13-9-12(4-1-2-5-12)15-11(17)3-7-16-8-6-14-10-16/h6,8,10H,1-5,7,9,13H2,(H,15,17). The first-order valence-corrected chi connectivity index (χ1v) is 6.21. The molecule has 0 saturated heterocycles. The zero-order valence-electron chi connectivity index (χ0n) is 10.1. The van der Waals surface area contributed by atoms with Gasteiger partial charge in [-0.1, -0.05) is 12.8 Å². The molecule has 1 aliphatic carbocycles. The third-order valence-corrected chi connectivity index (χ3v) is 3.51. The third-order valence-electron chi connectivity index (χ3n) is 3.51. The van der Waals surface area contributed by atoms with E-state index in [4.69, 9.17) is 5.73 Å². The number of amides is 1. The summed E-state index contributed by atoms with van der Waals surface area (Å²) in [5, 5.41) is 3.11. The number of hydrogen-bond donors (Lipinski definition) is 2. The second-order valence-corrected chi connectivity index (χ2v) is 4.79. The lowest BCUT2D eigenvalue weighted by Crippen LogP contribution is -2.51. The number of imidazole rings is 1. The van der Waals surface area contributed by atoms with Crippen LogP contribution in [0.4, 0.5) is 0 Å². The van der Waals surface area contributed by atoms with Gasteiger partial charge in [-0.15, -0.1) is 0 Å². The van der Waals surface area contributed by atoms with Gasteiger partial charge in [0.2, 0.25) is 5.91 Å². The van der Waals surface area contributed by atoms with Crippen LogP contribution in [-0.2, 0) is 11.3 Å². The van der Waals surface area contributed by atoms with Gasteiger partial charge in [-0.2, -0.15) is 0 Å². The summed E-state index contributed by atoms with van der Waals surface area (Å²) in [6.07, 6.45) is 10.1. The van der Waals surface area contributed by atoms with Gasteiger partial charge < -0.3 is 15.6 Å². The highest BCUT2D eigenvalue weighted by atomic mass is 16.1. The van der Waals surface area contributed by atoms with E-state index in [2.05, 4.69) is 10.3 Å². The van der Waals surface area contributed by atoms with Crippen LogP contribution in [0.3, 0.4) is 0 Å². The molecule has 0 radical (unpaired) electrons. The molecule has 0 aliphatic heterocycles. The number of carbonyl (C=O) groups is 1. The van der Waals surface area contributed by atoms with Crippen molar-refractivity contribution < 1.29 is 4.79 Å². The minimum Gasteiger partial charge on any atom is -0.349 e. The number of nitrogens with two attached hydrogens (primary N) is 1. The van der Waals surface area contributed by atoms with Crippen LogP contribution < -0.4 is 11.1 Å². The molecule has 94 valence electrons. The van der Waals surface area contributed by atoms with Crippen LogP contribution in [0, 0.1) is 0 Å². The molecule has 0 spiro atoms. The summed E-state index contributed by atoms with van der Waals surface area (Å²) in [7, 11) is 0. The van der Waals surface area contributed by atoms with Crippen LogP contribution in [0.2, 0.25) is 0 Å². The minimum absolute atomic E-state index is 0.0889. The maximum Gasteiger partial charge on any atom is 0.222 e. The van der Waals surface area contributed by atoms with Crippen molar-refractivity contribution in [1.82, 2.24) is 14.9 Å². The van der Waals surface area contributed by atoms with Crippen molar-refractivity contribution in [3.8, 4) is 0 Å². The molecule has 3 N–H and O–H groups in total. The average Bonchev–Trinajstić information content (AvgIpc) is 2.98. The lowest BCUT2D eigenvalue weighted by atomic mass is 9.97. The van der Waals surface area contributed by atoms with Gasteiger partial charge in [0.25, 0.3) is 0 Å². The first kappa shape index (κ1) is 12.1. The van der Waals surface area contributed by atoms with Crippen molar-refractivity contribution in [3.63, 3.8) is 0 Å². The van der Waals surface area contributed by atoms with E-state index in [1.165, 1.54) is 12.8 Å². The fraction of sp³-hybridized carbons (Fsp3) is 0.667. The minimum atomic E-state index is -0.133. The third kappa shape index (κ3) is 3.06. The lowest BCUT2D eigenvalue weighted by molar-refractivity contribution is -0.123. The van der Waals surface area contributed by atoms with Crippen LogP contribution in [0.15, 0.2) is 18.7 Å². The second kappa shape index (κ2) is 5.31. The number of nitrogens with one attached hydrogen (secondary N) is 1. The molecule has 0 aromatic carbocycles. The summed E-state index contributed by atoms with van der Waals surface area (Å²) in [5.74, 6) is 0.0889. The zero-order chi connectivity index (χ0) is 12.1. The topological polar surface area (TPSA) is 72.9 Å². The number of rotatable bonds is 5. The Hall–Kier alpha value is -1.36. The molecule has 1 saturated carbocycles. The lowest BCUT2D eigenvalue weighted by Gasteiger charge is -2.28. The molecule has 1 aromatic rings. The molecule has 2 rings (SSSR count). The van der Waals surface area contributed by atoms with Gasteiger partial charge in [0.15, 0.2) is 0 Å². The van der Waals surface area contributed by atoms with Crippen molar-refractivity contribution in [1.29, 1.82) is 0 Å². The summed E-state index contributed by atoms with van der Waals surface area (Å²) in [4.78, 5) is 15.8. The first-order chi connectivity index (χ1) is 8.24. The molecule has 5 heteroatoms. The number of aryl methyl sites for hydroxylation is 1. The van der Waals surface area contributed by atoms with Crippen LogP contribution in [0.5, 0.6) is 0 Å². The van der Waals surface area contributed by atoms with E-state index in [0.29, 0.717) is 19.5 Å². The average molecular weight is 236 g/mol. The fourth-order valence-electron chi connectivity index (χ4n) is 2.44. The van der Waals surface area contributed by atoms with Crippen LogP contribution in [0.1, 0.15) is 32.1 Å². The van der Waals surface area contributed by atoms with Gasteiger partial charge >= 0.3 is 0 Å². The Morgan fingerprint density at radius 3 is 2.82 bits per heavy atom. The first-order valence-electron chi connectivity index (χ1n) is 6.21. The molecule has 1 fully saturated rings. The second-order valence-electron chi connectivity index (χ2n) is 4.79. The summed E-state index contributed by atoms with van der Waals surface area (Å²) in [6, 6.07) is 0. The predicted molar refractivity (Wildman–Crippen MR) is 65.2 cm³/mol. The fourth-order valence-corrected chi connectivity index (χ4v) is 2.44. The number of carbonyl (C=O) groups excluding carboxylic acids is 1. The van der Waals surface area contributed by atoms with Gasteiger partial charge in [-0.3, -0.25) is 4.79 Å². The Labute approximate surface area is 101 Å². The molecule has 1 aliphatic rings. The van der Waals surface area contributed by atoms with E-state index in [9.17, 15) is 4.79 Å². The Morgan fingerprint density at radius 1 is 1.47 bits per heavy atom. The van der Waals surface area contributed by atoms with E-state index >= 15 is 0 Å². The van der Waals surface area contributed by atoms with Crippen LogP contribution in [0.25, 0.3) is 0 Å². The van der Waals surface area contributed by atoms with Gasteiger partial charge in [0.05, 0.1) is 11.9 Å². The maximum atomic E-state index is 11.9. The van der Waals surface area contributed by atoms with Crippen molar-refractivity contribution in [2.24, 2.45) is 5.73 Å². The van der Waals surface area contributed by atoms with Crippen LogP contribution in [-0.4, -0.2) is 27.5 Å². The number of aromatic nitrogens is 2. The molecule has 1 aromatic heterocycles. The maximum absolute atomic E-state index is 11.9. The molecule has 5 nitrogen and oxygen atoms in total. The van der Waals surface area contributed by atoms with Gasteiger partial charge in [0.1, 0.15) is 0 Å². The van der Waals surface area contributed by atoms with Crippen LogP contribution >= 0.6 is 0 Å².